The number of hydrogen-bond acceptors (Lipinski definition) is 8. The molecule has 8 heteroatoms. The number of esters is 2. The van der Waals surface area contributed by atoms with E-state index in [1.54, 1.807) is 64.9 Å². The first-order chi connectivity index (χ1) is 17.4. The fraction of sp³-hybridized carbons (Fsp3) is 0.357. The summed E-state index contributed by atoms with van der Waals surface area (Å²) in [6.07, 6.45) is 8.17. The van der Waals surface area contributed by atoms with Gasteiger partial charge in [-0.25, -0.2) is 9.59 Å². The molecule has 0 spiro atoms. The van der Waals surface area contributed by atoms with E-state index in [0.717, 1.165) is 30.4 Å². The Bertz CT molecular complexity index is 1020. The summed E-state index contributed by atoms with van der Waals surface area (Å²) in [6, 6.07) is 10.7. The molecule has 36 heavy (non-hydrogen) atoms. The lowest BCUT2D eigenvalue weighted by molar-refractivity contribution is -0.152. The van der Waals surface area contributed by atoms with Crippen molar-refractivity contribution in [2.24, 2.45) is 0 Å². The summed E-state index contributed by atoms with van der Waals surface area (Å²) in [5.41, 5.74) is 1.56. The molecule has 0 amide bonds. The summed E-state index contributed by atoms with van der Waals surface area (Å²) in [5.74, 6) is 1.47. The zero-order valence-corrected chi connectivity index (χ0v) is 21.0. The lowest BCUT2D eigenvalue weighted by Gasteiger charge is -2.28. The number of methoxy groups -OCH3 is 4. The Balaban J connectivity index is 1.50. The molecule has 1 fully saturated rings. The summed E-state index contributed by atoms with van der Waals surface area (Å²) < 4.78 is 32.2. The van der Waals surface area contributed by atoms with Gasteiger partial charge in [0.25, 0.3) is 0 Å². The van der Waals surface area contributed by atoms with Gasteiger partial charge >= 0.3 is 11.9 Å². The van der Waals surface area contributed by atoms with Gasteiger partial charge in [-0.2, -0.15) is 0 Å². The second-order valence-corrected chi connectivity index (χ2v) is 8.18. The zero-order valence-electron chi connectivity index (χ0n) is 21.0. The first-order valence-corrected chi connectivity index (χ1v) is 11.7. The van der Waals surface area contributed by atoms with Gasteiger partial charge in [-0.3, -0.25) is 0 Å². The summed E-state index contributed by atoms with van der Waals surface area (Å²) in [6.45, 7) is 0. The second kappa shape index (κ2) is 13.2. The van der Waals surface area contributed by atoms with Crippen molar-refractivity contribution in [1.29, 1.82) is 0 Å². The average molecular weight is 497 g/mol. The molecule has 1 saturated carbocycles. The lowest BCUT2D eigenvalue weighted by atomic mass is 9.95. The van der Waals surface area contributed by atoms with Crippen LogP contribution in [-0.2, 0) is 19.1 Å². The fourth-order valence-electron chi connectivity index (χ4n) is 3.96. The first kappa shape index (κ1) is 26.7. The SMILES string of the molecule is COc1ccc(/C=C/C(=O)O[C@@H]2CCC[C@H](OC(=O)/C=C/c3ccc(OC)c(OC)c3)C2)cc1OC. The van der Waals surface area contributed by atoms with Crippen LogP contribution in [0.25, 0.3) is 12.2 Å². The Hall–Kier alpha value is -3.94. The van der Waals surface area contributed by atoms with Crippen LogP contribution >= 0.6 is 0 Å². The Morgan fingerprint density at radius 2 is 1.08 bits per heavy atom. The Labute approximate surface area is 211 Å². The maximum Gasteiger partial charge on any atom is 0.331 e. The molecule has 0 saturated heterocycles. The van der Waals surface area contributed by atoms with Crippen LogP contribution in [0.5, 0.6) is 23.0 Å². The van der Waals surface area contributed by atoms with Crippen LogP contribution in [0.15, 0.2) is 48.6 Å². The number of benzene rings is 2. The van der Waals surface area contributed by atoms with Crippen LogP contribution < -0.4 is 18.9 Å². The van der Waals surface area contributed by atoms with E-state index in [1.807, 2.05) is 12.1 Å². The maximum absolute atomic E-state index is 12.3. The minimum absolute atomic E-state index is 0.311. The fourth-order valence-corrected chi connectivity index (χ4v) is 3.96. The van der Waals surface area contributed by atoms with Gasteiger partial charge in [0.05, 0.1) is 28.4 Å². The molecule has 0 unspecified atom stereocenters. The molecule has 1 aliphatic rings. The van der Waals surface area contributed by atoms with Crippen molar-refractivity contribution in [3.05, 3.63) is 59.7 Å². The van der Waals surface area contributed by atoms with Crippen molar-refractivity contribution in [2.45, 2.75) is 37.9 Å². The van der Waals surface area contributed by atoms with Crippen molar-refractivity contribution in [1.82, 2.24) is 0 Å². The molecule has 0 radical (unpaired) electrons. The number of rotatable bonds is 10. The highest BCUT2D eigenvalue weighted by Crippen LogP contribution is 2.29. The molecular weight excluding hydrogens is 464 g/mol. The Morgan fingerprint density at radius 3 is 1.47 bits per heavy atom. The zero-order chi connectivity index (χ0) is 25.9. The van der Waals surface area contributed by atoms with Crippen LogP contribution in [0.1, 0.15) is 36.8 Å². The van der Waals surface area contributed by atoms with Gasteiger partial charge < -0.3 is 28.4 Å². The van der Waals surface area contributed by atoms with Crippen LogP contribution in [-0.4, -0.2) is 52.6 Å². The van der Waals surface area contributed by atoms with E-state index in [4.69, 9.17) is 28.4 Å². The maximum atomic E-state index is 12.3. The molecule has 0 aromatic heterocycles. The quantitative estimate of drug-likeness (QED) is 0.341. The largest absolute Gasteiger partial charge is 0.493 e. The average Bonchev–Trinajstić information content (AvgIpc) is 2.90. The number of ether oxygens (including phenoxy) is 6. The molecule has 0 bridgehead atoms. The van der Waals surface area contributed by atoms with Crippen molar-refractivity contribution in [2.75, 3.05) is 28.4 Å². The van der Waals surface area contributed by atoms with Gasteiger partial charge in [0.1, 0.15) is 12.2 Å². The van der Waals surface area contributed by atoms with E-state index in [-0.39, 0.29) is 12.2 Å². The summed E-state index contributed by atoms with van der Waals surface area (Å²) in [5, 5.41) is 0. The van der Waals surface area contributed by atoms with Gasteiger partial charge in [0.2, 0.25) is 0 Å². The number of carbonyl (C=O) groups is 2. The standard InChI is InChI=1S/C28H32O8/c1-31-23-12-8-19(16-25(23)33-3)10-14-27(29)35-21-6-5-7-22(18-21)36-28(30)15-11-20-9-13-24(32-2)26(17-20)34-4/h8-17,21-22H,5-7,18H2,1-4H3/b14-10+,15-11+/t21-,22+. The third-order valence-corrected chi connectivity index (χ3v) is 5.78. The van der Waals surface area contributed by atoms with E-state index >= 15 is 0 Å². The molecule has 0 heterocycles. The smallest absolute Gasteiger partial charge is 0.331 e. The van der Waals surface area contributed by atoms with Gasteiger partial charge in [0, 0.05) is 18.6 Å². The monoisotopic (exact) mass is 496 g/mol. The van der Waals surface area contributed by atoms with E-state index < -0.39 is 11.9 Å². The Kier molecular flexibility index (Phi) is 9.80. The van der Waals surface area contributed by atoms with E-state index in [0.29, 0.717) is 29.4 Å². The van der Waals surface area contributed by atoms with E-state index in [9.17, 15) is 9.59 Å². The summed E-state index contributed by atoms with van der Waals surface area (Å²) >= 11 is 0. The van der Waals surface area contributed by atoms with Crippen LogP contribution in [0, 0.1) is 0 Å². The lowest BCUT2D eigenvalue weighted by Crippen LogP contribution is -2.30. The minimum atomic E-state index is -0.449. The normalized spacial score (nSPS) is 17.6. The molecule has 0 aliphatic heterocycles. The van der Waals surface area contributed by atoms with Crippen molar-refractivity contribution in [3.63, 3.8) is 0 Å². The number of hydrogen-bond donors (Lipinski definition) is 0. The molecule has 0 N–H and O–H groups in total. The van der Waals surface area contributed by atoms with Gasteiger partial charge in [0.15, 0.2) is 23.0 Å². The van der Waals surface area contributed by atoms with Gasteiger partial charge in [-0.05, 0) is 66.8 Å². The Morgan fingerprint density at radius 1 is 0.667 bits per heavy atom. The third-order valence-electron chi connectivity index (χ3n) is 5.78. The topological polar surface area (TPSA) is 89.5 Å². The van der Waals surface area contributed by atoms with Crippen LogP contribution in [0.2, 0.25) is 0 Å². The predicted octanol–water partition coefficient (Wildman–Crippen LogP) is 4.85. The van der Waals surface area contributed by atoms with Crippen LogP contribution in [0.4, 0.5) is 0 Å². The summed E-state index contributed by atoms with van der Waals surface area (Å²) in [4.78, 5) is 24.7. The van der Waals surface area contributed by atoms with Crippen molar-refractivity contribution < 1.29 is 38.0 Å². The van der Waals surface area contributed by atoms with Gasteiger partial charge in [-0.1, -0.05) is 12.1 Å². The number of carbonyl (C=O) groups excluding carboxylic acids is 2. The highest BCUT2D eigenvalue weighted by Gasteiger charge is 2.26. The van der Waals surface area contributed by atoms with Crippen LogP contribution in [0.3, 0.4) is 0 Å². The molecule has 2 aromatic carbocycles. The second-order valence-electron chi connectivity index (χ2n) is 8.18. The summed E-state index contributed by atoms with van der Waals surface area (Å²) in [7, 11) is 6.23. The highest BCUT2D eigenvalue weighted by atomic mass is 16.6. The highest BCUT2D eigenvalue weighted by molar-refractivity contribution is 5.88. The van der Waals surface area contributed by atoms with Crippen molar-refractivity contribution in [3.8, 4) is 23.0 Å². The molecule has 2 aromatic rings. The molecule has 8 nitrogen and oxygen atoms in total. The van der Waals surface area contributed by atoms with Gasteiger partial charge in [-0.15, -0.1) is 0 Å². The molecule has 1 aliphatic carbocycles. The predicted molar refractivity (Wildman–Crippen MR) is 135 cm³/mol. The van der Waals surface area contributed by atoms with Crippen molar-refractivity contribution >= 4 is 24.1 Å². The minimum Gasteiger partial charge on any atom is -0.493 e. The third kappa shape index (κ3) is 7.53. The molecular formula is C28H32O8. The first-order valence-electron chi connectivity index (χ1n) is 11.7. The van der Waals surface area contributed by atoms with E-state index in [2.05, 4.69) is 0 Å². The molecule has 2 atom stereocenters. The molecule has 192 valence electrons. The van der Waals surface area contributed by atoms with E-state index in [1.165, 1.54) is 12.2 Å². The molecule has 3 rings (SSSR count).